The number of amides is 2. The summed E-state index contributed by atoms with van der Waals surface area (Å²) in [5.74, 6) is -2.12. The standard InChI is InChI=1S/C20H26N2O7S/c1-20(2,3)29-16(23)9-14(17(24)22-12-30-11-15(22)18(25)26)21-19(27)28-10-13-7-5-4-6-8-13/h4-8,14-15H,9-12H2,1-3H3,(H,21,27)(H,25,26)/t14-,15-/m0/s1. The highest BCUT2D eigenvalue weighted by atomic mass is 32.2. The molecule has 1 aromatic rings. The number of nitrogens with one attached hydrogen (secondary N) is 1. The first kappa shape index (κ1) is 23.5. The number of carbonyl (C=O) groups excluding carboxylic acids is 3. The van der Waals surface area contributed by atoms with E-state index >= 15 is 0 Å². The average Bonchev–Trinajstić information content (AvgIpc) is 3.15. The molecule has 1 aromatic carbocycles. The maximum Gasteiger partial charge on any atom is 0.408 e. The number of nitrogens with zero attached hydrogens (tertiary/aromatic N) is 1. The van der Waals surface area contributed by atoms with Crippen molar-refractivity contribution in [2.24, 2.45) is 0 Å². The number of ether oxygens (including phenoxy) is 2. The summed E-state index contributed by atoms with van der Waals surface area (Å²) in [7, 11) is 0. The van der Waals surface area contributed by atoms with Crippen LogP contribution in [-0.2, 0) is 30.5 Å². The van der Waals surface area contributed by atoms with Crippen LogP contribution in [0, 0.1) is 0 Å². The van der Waals surface area contributed by atoms with Gasteiger partial charge in [0.05, 0.1) is 12.3 Å². The number of hydrogen-bond acceptors (Lipinski definition) is 7. The van der Waals surface area contributed by atoms with Crippen molar-refractivity contribution in [1.29, 1.82) is 0 Å². The molecule has 9 nitrogen and oxygen atoms in total. The van der Waals surface area contributed by atoms with Crippen LogP contribution >= 0.6 is 11.8 Å². The van der Waals surface area contributed by atoms with Crippen LogP contribution in [-0.4, -0.2) is 63.3 Å². The van der Waals surface area contributed by atoms with Gasteiger partial charge in [-0.05, 0) is 26.3 Å². The molecule has 10 heteroatoms. The maximum absolute atomic E-state index is 12.9. The zero-order valence-corrected chi connectivity index (χ0v) is 17.9. The van der Waals surface area contributed by atoms with Gasteiger partial charge < -0.3 is 24.8 Å². The van der Waals surface area contributed by atoms with E-state index in [0.717, 1.165) is 10.5 Å². The van der Waals surface area contributed by atoms with Crippen molar-refractivity contribution < 1.29 is 33.8 Å². The quantitative estimate of drug-likeness (QED) is 0.620. The van der Waals surface area contributed by atoms with Crippen LogP contribution in [0.1, 0.15) is 32.8 Å². The van der Waals surface area contributed by atoms with E-state index in [1.165, 1.54) is 11.8 Å². The second kappa shape index (κ2) is 10.3. The van der Waals surface area contributed by atoms with Gasteiger partial charge in [0.1, 0.15) is 24.3 Å². The number of carboxylic acids is 1. The number of hydrogen-bond donors (Lipinski definition) is 2. The number of esters is 1. The zero-order valence-electron chi connectivity index (χ0n) is 17.1. The Morgan fingerprint density at radius 3 is 2.50 bits per heavy atom. The van der Waals surface area contributed by atoms with Crippen molar-refractivity contribution in [2.45, 2.75) is 51.5 Å². The van der Waals surface area contributed by atoms with Gasteiger partial charge in [0.25, 0.3) is 0 Å². The number of carboxylic acid groups (broad SMARTS) is 1. The third kappa shape index (κ3) is 7.25. The van der Waals surface area contributed by atoms with Crippen LogP contribution in [0.5, 0.6) is 0 Å². The highest BCUT2D eigenvalue weighted by Gasteiger charge is 2.39. The molecule has 164 valence electrons. The molecular formula is C20H26N2O7S. The molecule has 30 heavy (non-hydrogen) atoms. The third-order valence-electron chi connectivity index (χ3n) is 4.04. The topological polar surface area (TPSA) is 122 Å². The first-order valence-corrected chi connectivity index (χ1v) is 10.5. The van der Waals surface area contributed by atoms with Crippen LogP contribution in [0.4, 0.5) is 4.79 Å². The number of aliphatic carboxylic acids is 1. The molecule has 0 aromatic heterocycles. The van der Waals surface area contributed by atoms with Gasteiger partial charge in [-0.15, -0.1) is 11.8 Å². The summed E-state index contributed by atoms with van der Waals surface area (Å²) >= 11 is 1.28. The summed E-state index contributed by atoms with van der Waals surface area (Å²) in [5.41, 5.74) is -0.0180. The van der Waals surface area contributed by atoms with E-state index in [2.05, 4.69) is 5.32 Å². The van der Waals surface area contributed by atoms with Crippen LogP contribution in [0.2, 0.25) is 0 Å². The second-order valence-corrected chi connectivity index (χ2v) is 8.71. The Morgan fingerprint density at radius 1 is 1.23 bits per heavy atom. The maximum atomic E-state index is 12.9. The smallest absolute Gasteiger partial charge is 0.408 e. The lowest BCUT2D eigenvalue weighted by molar-refractivity contribution is -0.157. The highest BCUT2D eigenvalue weighted by molar-refractivity contribution is 7.99. The third-order valence-corrected chi connectivity index (χ3v) is 5.06. The molecule has 1 saturated heterocycles. The van der Waals surface area contributed by atoms with Crippen molar-refractivity contribution in [3.8, 4) is 0 Å². The predicted molar refractivity (Wildman–Crippen MR) is 110 cm³/mol. The van der Waals surface area contributed by atoms with Gasteiger partial charge in [0.2, 0.25) is 5.91 Å². The first-order chi connectivity index (χ1) is 14.1. The van der Waals surface area contributed by atoms with Gasteiger partial charge in [0, 0.05) is 5.75 Å². The second-order valence-electron chi connectivity index (χ2n) is 7.71. The van der Waals surface area contributed by atoms with Gasteiger partial charge in [-0.3, -0.25) is 9.59 Å². The van der Waals surface area contributed by atoms with E-state index in [0.29, 0.717) is 0 Å². The number of rotatable bonds is 7. The van der Waals surface area contributed by atoms with Crippen molar-refractivity contribution in [2.75, 3.05) is 11.6 Å². The molecule has 0 unspecified atom stereocenters. The Labute approximate surface area is 179 Å². The molecule has 1 aliphatic heterocycles. The SMILES string of the molecule is CC(C)(C)OC(=O)C[C@H](NC(=O)OCc1ccccc1)C(=O)N1CSC[C@H]1C(=O)O. The van der Waals surface area contributed by atoms with E-state index < -0.39 is 48.0 Å². The van der Waals surface area contributed by atoms with Crippen molar-refractivity contribution in [3.05, 3.63) is 35.9 Å². The van der Waals surface area contributed by atoms with E-state index in [4.69, 9.17) is 9.47 Å². The van der Waals surface area contributed by atoms with Gasteiger partial charge in [-0.25, -0.2) is 9.59 Å². The Hall–Kier alpha value is -2.75. The molecule has 0 aliphatic carbocycles. The van der Waals surface area contributed by atoms with Crippen molar-refractivity contribution in [3.63, 3.8) is 0 Å². The fraction of sp³-hybridized carbons (Fsp3) is 0.500. The normalized spacial score (nSPS) is 17.2. The Balaban J connectivity index is 2.07. The summed E-state index contributed by atoms with van der Waals surface area (Å²) in [6, 6.07) is 6.64. The number of alkyl carbamates (subject to hydrolysis) is 1. The van der Waals surface area contributed by atoms with E-state index in [9.17, 15) is 24.3 Å². The minimum Gasteiger partial charge on any atom is -0.480 e. The fourth-order valence-electron chi connectivity index (χ4n) is 2.72. The average molecular weight is 439 g/mol. The fourth-order valence-corrected chi connectivity index (χ4v) is 3.88. The van der Waals surface area contributed by atoms with E-state index in [1.54, 1.807) is 45.0 Å². The van der Waals surface area contributed by atoms with Crippen LogP contribution in [0.25, 0.3) is 0 Å². The lowest BCUT2D eigenvalue weighted by Gasteiger charge is -2.27. The molecule has 1 aliphatic rings. The molecule has 0 spiro atoms. The molecular weight excluding hydrogens is 412 g/mol. The van der Waals surface area contributed by atoms with Crippen molar-refractivity contribution >= 4 is 35.7 Å². The number of carbonyl (C=O) groups is 4. The Bertz CT molecular complexity index is 779. The molecule has 2 N–H and O–H groups in total. The minimum atomic E-state index is -1.30. The van der Waals surface area contributed by atoms with E-state index in [-0.39, 0.29) is 18.2 Å². The number of benzene rings is 1. The Kier molecular flexibility index (Phi) is 8.10. The van der Waals surface area contributed by atoms with Crippen LogP contribution in [0.15, 0.2) is 30.3 Å². The molecule has 1 heterocycles. The predicted octanol–water partition coefficient (Wildman–Crippen LogP) is 2.00. The molecule has 2 amide bonds. The zero-order chi connectivity index (χ0) is 22.3. The lowest BCUT2D eigenvalue weighted by Crippen LogP contribution is -2.53. The first-order valence-electron chi connectivity index (χ1n) is 9.37. The molecule has 0 radical (unpaired) electrons. The summed E-state index contributed by atoms with van der Waals surface area (Å²) in [6.45, 7) is 5.03. The van der Waals surface area contributed by atoms with Crippen molar-refractivity contribution in [1.82, 2.24) is 10.2 Å². The summed E-state index contributed by atoms with van der Waals surface area (Å²) in [6.07, 6.45) is -1.33. The highest BCUT2D eigenvalue weighted by Crippen LogP contribution is 2.23. The van der Waals surface area contributed by atoms with Crippen LogP contribution in [0.3, 0.4) is 0 Å². The summed E-state index contributed by atoms with van der Waals surface area (Å²) in [4.78, 5) is 50.0. The van der Waals surface area contributed by atoms with Gasteiger partial charge in [-0.2, -0.15) is 0 Å². The van der Waals surface area contributed by atoms with Gasteiger partial charge in [0.15, 0.2) is 0 Å². The minimum absolute atomic E-state index is 0.0165. The monoisotopic (exact) mass is 438 g/mol. The van der Waals surface area contributed by atoms with Gasteiger partial charge in [-0.1, -0.05) is 30.3 Å². The van der Waals surface area contributed by atoms with Gasteiger partial charge >= 0.3 is 18.0 Å². The molecule has 0 saturated carbocycles. The lowest BCUT2D eigenvalue weighted by atomic mass is 10.1. The number of thioether (sulfide) groups is 1. The van der Waals surface area contributed by atoms with Crippen LogP contribution < -0.4 is 5.32 Å². The Morgan fingerprint density at radius 2 is 1.90 bits per heavy atom. The molecule has 2 atom stereocenters. The molecule has 1 fully saturated rings. The molecule has 2 rings (SSSR count). The molecule has 0 bridgehead atoms. The largest absolute Gasteiger partial charge is 0.480 e. The van der Waals surface area contributed by atoms with E-state index in [1.807, 2.05) is 6.07 Å². The summed E-state index contributed by atoms with van der Waals surface area (Å²) in [5, 5.41) is 11.7. The summed E-state index contributed by atoms with van der Waals surface area (Å²) < 4.78 is 10.4.